The molecule has 122 valence electrons. The van der Waals surface area contributed by atoms with E-state index in [2.05, 4.69) is 15.5 Å². The molecule has 0 aliphatic carbocycles. The molecule has 4 aliphatic rings. The fourth-order valence-corrected chi connectivity index (χ4v) is 4.17. The second-order valence-electron chi connectivity index (χ2n) is 6.20. The first-order valence-corrected chi connectivity index (χ1v) is 8.40. The molecule has 0 radical (unpaired) electrons. The average Bonchev–Trinajstić information content (AvgIpc) is 2.61. The first-order valence-electron chi connectivity index (χ1n) is 7.99. The average molecular weight is 331 g/mol. The molecule has 0 unspecified atom stereocenters. The van der Waals surface area contributed by atoms with E-state index in [9.17, 15) is 0 Å². The van der Waals surface area contributed by atoms with Gasteiger partial charge in [-0.2, -0.15) is 0 Å². The van der Waals surface area contributed by atoms with E-state index >= 15 is 0 Å². The fourth-order valence-electron chi connectivity index (χ4n) is 3.94. The molecular formula is C17H21N3O2S. The van der Waals surface area contributed by atoms with Gasteiger partial charge in [-0.15, -0.1) is 0 Å². The first-order chi connectivity index (χ1) is 11.2. The van der Waals surface area contributed by atoms with Gasteiger partial charge in [0.05, 0.1) is 26.0 Å². The third-order valence-electron chi connectivity index (χ3n) is 5.06. The van der Waals surface area contributed by atoms with E-state index in [1.54, 1.807) is 14.2 Å². The highest BCUT2D eigenvalue weighted by atomic mass is 32.1. The Balaban J connectivity index is 1.84. The van der Waals surface area contributed by atoms with Crippen LogP contribution in [-0.2, 0) is 0 Å². The summed E-state index contributed by atoms with van der Waals surface area (Å²) >= 11 is 5.46. The lowest BCUT2D eigenvalue weighted by atomic mass is 9.82. The Kier molecular flexibility index (Phi) is 3.56. The zero-order valence-electron chi connectivity index (χ0n) is 13.4. The van der Waals surface area contributed by atoms with Crippen LogP contribution in [0.3, 0.4) is 0 Å². The lowest BCUT2D eigenvalue weighted by molar-refractivity contribution is 0.181. The van der Waals surface area contributed by atoms with Crippen molar-refractivity contribution in [1.82, 2.24) is 15.5 Å². The highest BCUT2D eigenvalue weighted by Crippen LogP contribution is 2.44. The maximum atomic E-state index is 5.59. The van der Waals surface area contributed by atoms with E-state index in [4.69, 9.17) is 21.7 Å². The number of ether oxygens (including phenoxy) is 2. The molecule has 2 bridgehead atoms. The van der Waals surface area contributed by atoms with Crippen molar-refractivity contribution in [1.29, 1.82) is 0 Å². The van der Waals surface area contributed by atoms with Gasteiger partial charge in [-0.25, -0.2) is 0 Å². The van der Waals surface area contributed by atoms with Crippen molar-refractivity contribution < 1.29 is 9.47 Å². The van der Waals surface area contributed by atoms with E-state index in [0.29, 0.717) is 11.0 Å². The molecule has 5 rings (SSSR count). The van der Waals surface area contributed by atoms with E-state index in [-0.39, 0.29) is 6.04 Å². The number of allylic oxidation sites excluding steroid dienone is 1. The van der Waals surface area contributed by atoms with Gasteiger partial charge in [0.2, 0.25) is 0 Å². The summed E-state index contributed by atoms with van der Waals surface area (Å²) in [6.45, 7) is 2.23. The van der Waals surface area contributed by atoms with Gasteiger partial charge in [-0.05, 0) is 43.3 Å². The number of hydrogen-bond donors (Lipinski definition) is 2. The minimum atomic E-state index is 0.00639. The van der Waals surface area contributed by atoms with Crippen LogP contribution in [0.4, 0.5) is 0 Å². The molecule has 2 N–H and O–H groups in total. The normalized spacial score (nSPS) is 23.3. The van der Waals surface area contributed by atoms with Crippen molar-refractivity contribution in [3.05, 3.63) is 35.2 Å². The number of nitrogens with zero attached hydrogens (tertiary/aromatic N) is 1. The molecular weight excluding hydrogens is 310 g/mol. The molecule has 4 heterocycles. The Morgan fingerprint density at radius 1 is 1.17 bits per heavy atom. The summed E-state index contributed by atoms with van der Waals surface area (Å²) in [5.41, 5.74) is 3.67. The van der Waals surface area contributed by atoms with Gasteiger partial charge in [0.1, 0.15) is 11.5 Å². The van der Waals surface area contributed by atoms with Gasteiger partial charge in [0, 0.05) is 30.3 Å². The summed E-state index contributed by atoms with van der Waals surface area (Å²) in [6.07, 6.45) is 2.41. The summed E-state index contributed by atoms with van der Waals surface area (Å²) in [6, 6.07) is 5.92. The molecule has 1 aromatic carbocycles. The van der Waals surface area contributed by atoms with Crippen LogP contribution >= 0.6 is 12.2 Å². The smallest absolute Gasteiger partial charge is 0.171 e. The number of nitrogens with one attached hydrogen (secondary N) is 2. The minimum absolute atomic E-state index is 0.00639. The van der Waals surface area contributed by atoms with Crippen LogP contribution in [0.5, 0.6) is 11.5 Å². The van der Waals surface area contributed by atoms with E-state index in [0.717, 1.165) is 30.2 Å². The third kappa shape index (κ3) is 2.32. The largest absolute Gasteiger partial charge is 0.497 e. The van der Waals surface area contributed by atoms with Crippen molar-refractivity contribution >= 4 is 17.3 Å². The molecule has 1 fully saturated rings. The third-order valence-corrected chi connectivity index (χ3v) is 5.28. The van der Waals surface area contributed by atoms with E-state index < -0.39 is 0 Å². The second-order valence-corrected chi connectivity index (χ2v) is 6.61. The summed E-state index contributed by atoms with van der Waals surface area (Å²) < 4.78 is 11.0. The number of rotatable bonds is 3. The monoisotopic (exact) mass is 331 g/mol. The highest BCUT2D eigenvalue weighted by molar-refractivity contribution is 7.80. The summed E-state index contributed by atoms with van der Waals surface area (Å²) in [7, 11) is 3.39. The number of fused-ring (bicyclic) bond motifs is 2. The number of thiocarbonyl (C=S) groups is 1. The van der Waals surface area contributed by atoms with Crippen LogP contribution < -0.4 is 20.1 Å². The molecule has 4 aliphatic heterocycles. The van der Waals surface area contributed by atoms with E-state index in [1.165, 1.54) is 24.2 Å². The molecule has 0 aromatic heterocycles. The maximum Gasteiger partial charge on any atom is 0.171 e. The number of benzene rings is 1. The molecule has 5 nitrogen and oxygen atoms in total. The van der Waals surface area contributed by atoms with E-state index in [1.807, 2.05) is 18.2 Å². The van der Waals surface area contributed by atoms with Gasteiger partial charge >= 0.3 is 0 Å². The lowest BCUT2D eigenvalue weighted by Crippen LogP contribution is -2.55. The Morgan fingerprint density at radius 3 is 2.65 bits per heavy atom. The molecule has 0 saturated carbocycles. The molecule has 6 heteroatoms. The fraction of sp³-hybridized carbons (Fsp3) is 0.471. The number of methoxy groups -OCH3 is 2. The van der Waals surface area contributed by atoms with Crippen molar-refractivity contribution in [3.8, 4) is 11.5 Å². The van der Waals surface area contributed by atoms with Crippen molar-refractivity contribution in [2.24, 2.45) is 5.92 Å². The van der Waals surface area contributed by atoms with Crippen LogP contribution in [0.15, 0.2) is 29.6 Å². The van der Waals surface area contributed by atoms with Crippen molar-refractivity contribution in [2.75, 3.05) is 27.3 Å². The zero-order chi connectivity index (χ0) is 16.0. The predicted molar refractivity (Wildman–Crippen MR) is 92.5 cm³/mol. The molecule has 1 aromatic rings. The second kappa shape index (κ2) is 5.60. The lowest BCUT2D eigenvalue weighted by Gasteiger charge is -2.49. The number of piperidine rings is 1. The predicted octanol–water partition coefficient (Wildman–Crippen LogP) is 2.16. The maximum absolute atomic E-state index is 5.59. The topological polar surface area (TPSA) is 45.8 Å². The Hall–Kier alpha value is -1.95. The summed E-state index contributed by atoms with van der Waals surface area (Å²) in [5.74, 6) is 2.27. The highest BCUT2D eigenvalue weighted by Gasteiger charge is 2.41. The van der Waals surface area contributed by atoms with Crippen LogP contribution in [0.2, 0.25) is 0 Å². The van der Waals surface area contributed by atoms with Crippen molar-refractivity contribution in [3.63, 3.8) is 0 Å². The molecule has 0 spiro atoms. The Morgan fingerprint density at radius 2 is 1.96 bits per heavy atom. The van der Waals surface area contributed by atoms with Crippen LogP contribution in [0.1, 0.15) is 24.4 Å². The van der Waals surface area contributed by atoms with Gasteiger partial charge in [0.15, 0.2) is 5.11 Å². The van der Waals surface area contributed by atoms with Crippen LogP contribution in [0, 0.1) is 5.92 Å². The van der Waals surface area contributed by atoms with Gasteiger partial charge in [-0.3, -0.25) is 0 Å². The first kappa shape index (κ1) is 14.6. The molecule has 23 heavy (non-hydrogen) atoms. The zero-order valence-corrected chi connectivity index (χ0v) is 14.2. The van der Waals surface area contributed by atoms with Crippen molar-refractivity contribution in [2.45, 2.75) is 18.9 Å². The van der Waals surface area contributed by atoms with Gasteiger partial charge in [0.25, 0.3) is 0 Å². The standard InChI is InChI=1S/C17H21N3O2S/c1-21-11-3-4-13(22-2)12(9-11)15-16-14(18-17(23)19-15)10-5-7-20(16)8-6-10/h3-4,9-10,15H,5-8H2,1-2H3,(H2,18,19,23)/t15-/m1/s1. The Bertz CT molecular complexity index is 680. The van der Waals surface area contributed by atoms with Crippen LogP contribution in [0.25, 0.3) is 0 Å². The molecule has 1 atom stereocenters. The quantitative estimate of drug-likeness (QED) is 0.828. The Labute approximate surface area is 141 Å². The molecule has 1 saturated heterocycles. The van der Waals surface area contributed by atoms with Crippen LogP contribution in [-0.4, -0.2) is 37.3 Å². The van der Waals surface area contributed by atoms with Gasteiger partial charge < -0.3 is 25.0 Å². The summed E-state index contributed by atoms with van der Waals surface area (Å²) in [5, 5.41) is 7.52. The van der Waals surface area contributed by atoms with Gasteiger partial charge in [-0.1, -0.05) is 0 Å². The summed E-state index contributed by atoms with van der Waals surface area (Å²) in [4.78, 5) is 2.47. The SMILES string of the molecule is COc1ccc(OC)c([C@H]2NC(=S)NC3=C2N2CCC3CC2)c1. The number of hydrogen-bond acceptors (Lipinski definition) is 4. The molecule has 0 amide bonds. The minimum Gasteiger partial charge on any atom is -0.497 e.